The summed E-state index contributed by atoms with van der Waals surface area (Å²) < 4.78 is 7.17. The number of hydrogen-bond donors (Lipinski definition) is 1. The highest BCUT2D eigenvalue weighted by molar-refractivity contribution is 7.98. The Balaban J connectivity index is 1.83. The van der Waals surface area contributed by atoms with Crippen molar-refractivity contribution in [3.8, 4) is 5.75 Å². The smallest absolute Gasteiger partial charge is 0.260 e. The minimum absolute atomic E-state index is 0.0673. The lowest BCUT2D eigenvalue weighted by molar-refractivity contribution is 0.183. The fourth-order valence-electron chi connectivity index (χ4n) is 4.30. The minimum Gasteiger partial charge on any atom is -0.507 e. The van der Waals surface area contributed by atoms with E-state index in [1.807, 2.05) is 19.1 Å². The van der Waals surface area contributed by atoms with E-state index in [2.05, 4.69) is 35.4 Å². The van der Waals surface area contributed by atoms with E-state index in [-0.39, 0.29) is 17.4 Å². The molecule has 4 rings (SSSR count). The van der Waals surface area contributed by atoms with Gasteiger partial charge in [0.2, 0.25) is 0 Å². The van der Waals surface area contributed by atoms with Crippen molar-refractivity contribution < 1.29 is 9.52 Å². The fraction of sp³-hybridized carbons (Fsp3) is 0.375. The Morgan fingerprint density at radius 2 is 1.87 bits per heavy atom. The van der Waals surface area contributed by atoms with E-state index in [0.29, 0.717) is 17.8 Å². The van der Waals surface area contributed by atoms with E-state index < -0.39 is 0 Å². The van der Waals surface area contributed by atoms with Crippen molar-refractivity contribution >= 4 is 11.8 Å². The number of hydrogen-bond acceptors (Lipinski definition) is 5. The molecule has 0 saturated carbocycles. The van der Waals surface area contributed by atoms with Gasteiger partial charge in [-0.3, -0.25) is 9.69 Å². The summed E-state index contributed by atoms with van der Waals surface area (Å²) in [5.41, 5.74) is 2.04. The third-order valence-corrected chi connectivity index (χ3v) is 6.62. The zero-order valence-electron chi connectivity index (χ0n) is 17.5. The molecule has 1 N–H and O–H groups in total. The number of nitrogens with zero attached hydrogens (tertiary/aromatic N) is 2. The van der Waals surface area contributed by atoms with Crippen LogP contribution in [-0.4, -0.2) is 33.9 Å². The highest BCUT2D eigenvalue weighted by Gasteiger charge is 2.30. The van der Waals surface area contributed by atoms with Crippen LogP contribution in [0.25, 0.3) is 0 Å². The third kappa shape index (κ3) is 4.20. The van der Waals surface area contributed by atoms with Gasteiger partial charge in [-0.15, -0.1) is 11.8 Å². The average Bonchev–Trinajstić information content (AvgIpc) is 3.28. The predicted octanol–water partition coefficient (Wildman–Crippen LogP) is 4.80. The Labute approximate surface area is 181 Å². The number of thioether (sulfide) groups is 1. The van der Waals surface area contributed by atoms with Crippen LogP contribution in [0.3, 0.4) is 0 Å². The van der Waals surface area contributed by atoms with Crippen LogP contribution >= 0.6 is 11.8 Å². The molecule has 1 aromatic carbocycles. The quantitative estimate of drug-likeness (QED) is 0.576. The van der Waals surface area contributed by atoms with Crippen molar-refractivity contribution in [2.24, 2.45) is 0 Å². The number of likely N-dealkylation sites (tertiary alicyclic amines) is 1. The lowest BCUT2D eigenvalue weighted by atomic mass is 9.94. The SMILES string of the molecule is CSc1ccc([C@@H](c2c(O)cc(C)n(Cc3ccco3)c2=O)N2CCCCC2)cc1. The summed E-state index contributed by atoms with van der Waals surface area (Å²) in [5, 5.41) is 10.9. The van der Waals surface area contributed by atoms with Gasteiger partial charge < -0.3 is 14.1 Å². The molecule has 2 aromatic heterocycles. The molecule has 1 saturated heterocycles. The Kier molecular flexibility index (Phi) is 6.35. The molecule has 1 fully saturated rings. The van der Waals surface area contributed by atoms with E-state index in [4.69, 9.17) is 4.42 Å². The van der Waals surface area contributed by atoms with Crippen molar-refractivity contribution in [2.75, 3.05) is 19.3 Å². The first kappa shape index (κ1) is 20.8. The molecule has 0 unspecified atom stereocenters. The number of benzene rings is 1. The van der Waals surface area contributed by atoms with E-state index in [0.717, 1.165) is 37.3 Å². The Bertz CT molecular complexity index is 1040. The second-order valence-corrected chi connectivity index (χ2v) is 8.71. The second kappa shape index (κ2) is 9.14. The molecule has 1 aliphatic heterocycles. The van der Waals surface area contributed by atoms with Gasteiger partial charge in [-0.05, 0) is 75.0 Å². The van der Waals surface area contributed by atoms with Crippen LogP contribution in [0.4, 0.5) is 0 Å². The number of aromatic hydroxyl groups is 1. The van der Waals surface area contributed by atoms with E-state index in [1.54, 1.807) is 28.7 Å². The van der Waals surface area contributed by atoms with Gasteiger partial charge in [0.15, 0.2) is 0 Å². The van der Waals surface area contributed by atoms with Crippen molar-refractivity contribution in [3.05, 3.63) is 81.7 Å². The summed E-state index contributed by atoms with van der Waals surface area (Å²) >= 11 is 1.69. The van der Waals surface area contributed by atoms with Crippen LogP contribution in [0.15, 0.2) is 62.8 Å². The number of aryl methyl sites for hydroxylation is 1. The van der Waals surface area contributed by atoms with Crippen molar-refractivity contribution in [1.29, 1.82) is 0 Å². The van der Waals surface area contributed by atoms with Gasteiger partial charge in [-0.2, -0.15) is 0 Å². The van der Waals surface area contributed by atoms with Gasteiger partial charge in [0, 0.05) is 10.6 Å². The molecule has 5 nitrogen and oxygen atoms in total. The standard InChI is InChI=1S/C24H28N2O3S/c1-17-15-21(27)22(24(28)26(17)16-19-7-6-14-29-19)23(25-12-4-3-5-13-25)18-8-10-20(30-2)11-9-18/h6-11,14-15,23,27H,3-5,12-13,16H2,1-2H3/t23-/m0/s1. The summed E-state index contributed by atoms with van der Waals surface area (Å²) in [5.74, 6) is 0.786. The van der Waals surface area contributed by atoms with Crippen molar-refractivity contribution in [1.82, 2.24) is 9.47 Å². The first-order chi connectivity index (χ1) is 14.6. The number of aromatic nitrogens is 1. The topological polar surface area (TPSA) is 58.6 Å². The van der Waals surface area contributed by atoms with Crippen LogP contribution in [0.5, 0.6) is 5.75 Å². The van der Waals surface area contributed by atoms with Gasteiger partial charge in [0.1, 0.15) is 11.5 Å². The van der Waals surface area contributed by atoms with Gasteiger partial charge in [-0.1, -0.05) is 18.6 Å². The molecule has 0 aliphatic carbocycles. The Morgan fingerprint density at radius 3 is 2.50 bits per heavy atom. The molecule has 0 spiro atoms. The lowest BCUT2D eigenvalue weighted by Crippen LogP contribution is -2.38. The maximum atomic E-state index is 13.6. The van der Waals surface area contributed by atoms with Crippen LogP contribution in [-0.2, 0) is 6.54 Å². The van der Waals surface area contributed by atoms with E-state index >= 15 is 0 Å². The van der Waals surface area contributed by atoms with Crippen molar-refractivity contribution in [2.45, 2.75) is 43.7 Å². The average molecular weight is 425 g/mol. The molecule has 158 valence electrons. The number of furan rings is 1. The molecule has 1 aliphatic rings. The molecule has 30 heavy (non-hydrogen) atoms. The van der Waals surface area contributed by atoms with Gasteiger partial charge in [0.25, 0.3) is 5.56 Å². The lowest BCUT2D eigenvalue weighted by Gasteiger charge is -2.35. The Morgan fingerprint density at radius 1 is 1.13 bits per heavy atom. The molecule has 0 amide bonds. The first-order valence-corrected chi connectivity index (χ1v) is 11.6. The van der Waals surface area contributed by atoms with E-state index in [9.17, 15) is 9.90 Å². The zero-order chi connectivity index (χ0) is 21.1. The number of pyridine rings is 1. The summed E-state index contributed by atoms with van der Waals surface area (Å²) in [4.78, 5) is 17.2. The van der Waals surface area contributed by atoms with E-state index in [1.165, 1.54) is 11.3 Å². The number of rotatable bonds is 6. The predicted molar refractivity (Wildman–Crippen MR) is 120 cm³/mol. The van der Waals surface area contributed by atoms with Crippen LogP contribution in [0.2, 0.25) is 0 Å². The summed E-state index contributed by atoms with van der Waals surface area (Å²) in [6.07, 6.45) is 7.08. The fourth-order valence-corrected chi connectivity index (χ4v) is 4.71. The monoisotopic (exact) mass is 424 g/mol. The molecule has 6 heteroatoms. The molecule has 0 bridgehead atoms. The first-order valence-electron chi connectivity index (χ1n) is 10.4. The molecular formula is C24H28N2O3S. The van der Waals surface area contributed by atoms with Crippen LogP contribution in [0.1, 0.15) is 47.9 Å². The van der Waals surface area contributed by atoms with Crippen molar-refractivity contribution in [3.63, 3.8) is 0 Å². The zero-order valence-corrected chi connectivity index (χ0v) is 18.3. The van der Waals surface area contributed by atoms with Gasteiger partial charge in [-0.25, -0.2) is 0 Å². The summed E-state index contributed by atoms with van der Waals surface area (Å²) in [6, 6.07) is 13.5. The highest BCUT2D eigenvalue weighted by atomic mass is 32.2. The third-order valence-electron chi connectivity index (χ3n) is 5.88. The minimum atomic E-state index is -0.267. The Hall–Kier alpha value is -2.44. The maximum Gasteiger partial charge on any atom is 0.260 e. The van der Waals surface area contributed by atoms with Crippen LogP contribution in [0, 0.1) is 6.92 Å². The van der Waals surface area contributed by atoms with Crippen LogP contribution < -0.4 is 5.56 Å². The molecule has 3 heterocycles. The molecule has 3 aromatic rings. The highest BCUT2D eigenvalue weighted by Crippen LogP contribution is 2.35. The molecule has 0 radical (unpaired) electrons. The number of piperidine rings is 1. The summed E-state index contributed by atoms with van der Waals surface area (Å²) in [7, 11) is 0. The maximum absolute atomic E-state index is 13.6. The van der Waals surface area contributed by atoms with Gasteiger partial charge >= 0.3 is 0 Å². The largest absolute Gasteiger partial charge is 0.507 e. The molecular weight excluding hydrogens is 396 g/mol. The van der Waals surface area contributed by atoms with Gasteiger partial charge in [0.05, 0.1) is 24.4 Å². The molecule has 1 atom stereocenters. The second-order valence-electron chi connectivity index (χ2n) is 7.83. The normalized spacial score (nSPS) is 15.9. The summed E-state index contributed by atoms with van der Waals surface area (Å²) in [6.45, 7) is 4.03.